The highest BCUT2D eigenvalue weighted by molar-refractivity contribution is 8.04. The van der Waals surface area contributed by atoms with E-state index in [2.05, 4.69) is 11.9 Å². The minimum atomic E-state index is 0.0613. The standard InChI is InChI=1S/C18H22N2OS2/c1-11-10-20-16(21)14-12-9-18(6-3-2-4-7-18)8-5-13(12)23-15(14)19-17(20)22-11/h17,19H,1-10H2. The van der Waals surface area contributed by atoms with Gasteiger partial charge in [0.1, 0.15) is 5.00 Å². The molecule has 1 aromatic rings. The summed E-state index contributed by atoms with van der Waals surface area (Å²) in [4.78, 5) is 17.6. The molecule has 2 fully saturated rings. The van der Waals surface area contributed by atoms with Crippen LogP contribution in [0.3, 0.4) is 0 Å². The summed E-state index contributed by atoms with van der Waals surface area (Å²) < 4.78 is 0. The maximum atomic E-state index is 13.1. The number of anilines is 1. The second-order valence-electron chi connectivity index (χ2n) is 7.53. The molecule has 5 heteroatoms. The number of nitrogens with one attached hydrogen (secondary N) is 1. The lowest BCUT2D eigenvalue weighted by atomic mass is 9.65. The third-order valence-electron chi connectivity index (χ3n) is 6.08. The number of rotatable bonds is 0. The lowest BCUT2D eigenvalue weighted by molar-refractivity contribution is 0.0764. The molecule has 1 saturated carbocycles. The first-order valence-electron chi connectivity index (χ1n) is 8.72. The summed E-state index contributed by atoms with van der Waals surface area (Å²) in [5.74, 6) is 0.236. The van der Waals surface area contributed by atoms with E-state index in [0.29, 0.717) is 12.0 Å². The van der Waals surface area contributed by atoms with Crippen molar-refractivity contribution in [2.75, 3.05) is 11.9 Å². The molecule has 2 aliphatic carbocycles. The Morgan fingerprint density at radius 1 is 1.22 bits per heavy atom. The smallest absolute Gasteiger partial charge is 0.259 e. The Morgan fingerprint density at radius 2 is 2.04 bits per heavy atom. The molecule has 3 nitrogen and oxygen atoms in total. The van der Waals surface area contributed by atoms with Crippen molar-refractivity contribution in [3.8, 4) is 0 Å². The quantitative estimate of drug-likeness (QED) is 0.745. The van der Waals surface area contributed by atoms with Crippen LogP contribution < -0.4 is 5.32 Å². The molecule has 4 aliphatic rings. The molecule has 1 saturated heterocycles. The van der Waals surface area contributed by atoms with E-state index in [1.54, 1.807) is 11.8 Å². The Labute approximate surface area is 145 Å². The first kappa shape index (κ1) is 14.4. The average molecular weight is 347 g/mol. The number of hydrogen-bond donors (Lipinski definition) is 1. The summed E-state index contributed by atoms with van der Waals surface area (Å²) in [6.07, 6.45) is 10.5. The zero-order chi connectivity index (χ0) is 15.6. The van der Waals surface area contributed by atoms with Crippen LogP contribution in [0.1, 0.15) is 59.3 Å². The highest BCUT2D eigenvalue weighted by atomic mass is 32.2. The van der Waals surface area contributed by atoms with Gasteiger partial charge in [-0.3, -0.25) is 4.79 Å². The van der Waals surface area contributed by atoms with Crippen molar-refractivity contribution in [1.29, 1.82) is 0 Å². The number of thiophene rings is 1. The summed E-state index contributed by atoms with van der Waals surface area (Å²) in [5.41, 5.74) is 2.93. The molecule has 23 heavy (non-hydrogen) atoms. The lowest BCUT2D eigenvalue weighted by Gasteiger charge is -2.41. The second-order valence-corrected chi connectivity index (χ2v) is 9.90. The van der Waals surface area contributed by atoms with Gasteiger partial charge in [-0.25, -0.2) is 0 Å². The Balaban J connectivity index is 1.53. The molecule has 0 bridgehead atoms. The normalized spacial score (nSPS) is 28.3. The monoisotopic (exact) mass is 346 g/mol. The van der Waals surface area contributed by atoms with Gasteiger partial charge in [0.2, 0.25) is 0 Å². The third kappa shape index (κ3) is 2.12. The maximum absolute atomic E-state index is 13.1. The van der Waals surface area contributed by atoms with Crippen molar-refractivity contribution >= 4 is 34.0 Å². The Kier molecular flexibility index (Phi) is 3.15. The van der Waals surface area contributed by atoms with Crippen molar-refractivity contribution < 1.29 is 4.79 Å². The second kappa shape index (κ2) is 5.03. The van der Waals surface area contributed by atoms with Gasteiger partial charge >= 0.3 is 0 Å². The van der Waals surface area contributed by atoms with Crippen LogP contribution in [0.15, 0.2) is 11.5 Å². The van der Waals surface area contributed by atoms with Crippen LogP contribution >= 0.6 is 23.1 Å². The van der Waals surface area contributed by atoms with Crippen LogP contribution in [0.2, 0.25) is 0 Å². The van der Waals surface area contributed by atoms with Gasteiger partial charge in [0.15, 0.2) is 5.50 Å². The number of aryl methyl sites for hydroxylation is 1. The largest absolute Gasteiger partial charge is 0.347 e. The SMILES string of the molecule is C=C1CN2C(=O)c3c(sc4c3CC3(CCCCC3)CC4)NC2S1. The van der Waals surface area contributed by atoms with Crippen LogP contribution in [0, 0.1) is 5.41 Å². The minimum absolute atomic E-state index is 0.0613. The van der Waals surface area contributed by atoms with E-state index in [0.717, 1.165) is 21.9 Å². The fraction of sp³-hybridized carbons (Fsp3) is 0.611. The molecule has 0 aromatic carbocycles. The van der Waals surface area contributed by atoms with Gasteiger partial charge < -0.3 is 10.2 Å². The van der Waals surface area contributed by atoms with E-state index in [9.17, 15) is 4.79 Å². The van der Waals surface area contributed by atoms with E-state index in [4.69, 9.17) is 0 Å². The van der Waals surface area contributed by atoms with Crippen LogP contribution in [-0.2, 0) is 12.8 Å². The predicted octanol–water partition coefficient (Wildman–Crippen LogP) is 4.60. The molecule has 1 aromatic heterocycles. The number of thioether (sulfide) groups is 1. The van der Waals surface area contributed by atoms with Crippen molar-refractivity contribution in [3.63, 3.8) is 0 Å². The molecule has 1 N–H and O–H groups in total. The molecule has 2 aliphatic heterocycles. The van der Waals surface area contributed by atoms with E-state index in [1.165, 1.54) is 55.4 Å². The van der Waals surface area contributed by atoms with E-state index >= 15 is 0 Å². The molecule has 1 atom stereocenters. The predicted molar refractivity (Wildman–Crippen MR) is 97.0 cm³/mol. The molecule has 122 valence electrons. The summed E-state index contributed by atoms with van der Waals surface area (Å²) >= 11 is 3.53. The molecular weight excluding hydrogens is 324 g/mol. The maximum Gasteiger partial charge on any atom is 0.259 e. The fourth-order valence-electron chi connectivity index (χ4n) is 4.87. The topological polar surface area (TPSA) is 32.3 Å². The Bertz CT molecular complexity index is 702. The first-order chi connectivity index (χ1) is 11.2. The van der Waals surface area contributed by atoms with Crippen LogP contribution in [-0.4, -0.2) is 22.8 Å². The zero-order valence-corrected chi connectivity index (χ0v) is 15.0. The molecule has 1 amide bonds. The first-order valence-corrected chi connectivity index (χ1v) is 10.4. The zero-order valence-electron chi connectivity index (χ0n) is 13.3. The number of carbonyl (C=O) groups excluding carboxylic acids is 1. The van der Waals surface area contributed by atoms with Gasteiger partial charge in [-0.05, 0) is 43.1 Å². The van der Waals surface area contributed by atoms with Crippen molar-refractivity contribution in [2.24, 2.45) is 5.41 Å². The number of hydrogen-bond acceptors (Lipinski definition) is 4. The third-order valence-corrected chi connectivity index (χ3v) is 8.36. The van der Waals surface area contributed by atoms with Crippen LogP contribution in [0.25, 0.3) is 0 Å². The van der Waals surface area contributed by atoms with Crippen LogP contribution in [0.5, 0.6) is 0 Å². The highest BCUT2D eigenvalue weighted by Gasteiger charge is 2.44. The number of carbonyl (C=O) groups is 1. The summed E-state index contributed by atoms with van der Waals surface area (Å²) in [7, 11) is 0. The fourth-order valence-corrected chi connectivity index (χ4v) is 7.18. The number of amides is 1. The van der Waals surface area contributed by atoms with E-state index in [-0.39, 0.29) is 11.4 Å². The van der Waals surface area contributed by atoms with Crippen molar-refractivity contribution in [3.05, 3.63) is 27.5 Å². The Morgan fingerprint density at radius 3 is 2.87 bits per heavy atom. The lowest BCUT2D eigenvalue weighted by Crippen LogP contribution is -2.43. The summed E-state index contributed by atoms with van der Waals surface area (Å²) in [5, 5.41) is 4.72. The summed E-state index contributed by atoms with van der Waals surface area (Å²) in [6, 6.07) is 0. The van der Waals surface area contributed by atoms with Gasteiger partial charge in [-0.2, -0.15) is 0 Å². The van der Waals surface area contributed by atoms with Gasteiger partial charge in [-0.1, -0.05) is 37.6 Å². The van der Waals surface area contributed by atoms with Gasteiger partial charge in [0.05, 0.1) is 12.1 Å². The Hall–Kier alpha value is -0.940. The number of fused-ring (bicyclic) bond motifs is 4. The highest BCUT2D eigenvalue weighted by Crippen LogP contribution is 2.52. The molecule has 0 radical (unpaired) electrons. The van der Waals surface area contributed by atoms with Gasteiger partial charge in [0, 0.05) is 9.78 Å². The van der Waals surface area contributed by atoms with Crippen molar-refractivity contribution in [1.82, 2.24) is 4.90 Å². The molecule has 5 rings (SSSR count). The summed E-state index contributed by atoms with van der Waals surface area (Å²) in [6.45, 7) is 4.74. The molecular formula is C18H22N2OS2. The minimum Gasteiger partial charge on any atom is -0.347 e. The van der Waals surface area contributed by atoms with Gasteiger partial charge in [-0.15, -0.1) is 11.3 Å². The number of nitrogens with zero attached hydrogens (tertiary/aromatic N) is 1. The van der Waals surface area contributed by atoms with Gasteiger partial charge in [0.25, 0.3) is 5.91 Å². The van der Waals surface area contributed by atoms with E-state index < -0.39 is 0 Å². The van der Waals surface area contributed by atoms with Crippen molar-refractivity contribution in [2.45, 2.75) is 56.9 Å². The molecule has 1 unspecified atom stereocenters. The van der Waals surface area contributed by atoms with E-state index in [1.807, 2.05) is 16.2 Å². The molecule has 3 heterocycles. The average Bonchev–Trinajstić information content (AvgIpc) is 3.08. The molecule has 1 spiro atoms. The van der Waals surface area contributed by atoms with Crippen LogP contribution in [0.4, 0.5) is 5.00 Å².